The third kappa shape index (κ3) is 1.85. The predicted molar refractivity (Wildman–Crippen MR) is 13.3 cm³/mol. The summed E-state index contributed by atoms with van der Waals surface area (Å²) in [5.74, 6) is 0. The lowest BCUT2D eigenvalue weighted by molar-refractivity contribution is 0.285. The molecule has 0 fully saturated rings. The molecule has 0 heterocycles. The topological polar surface area (TPSA) is 24.1 Å². The van der Waals surface area contributed by atoms with E-state index in [1.807, 2.05) is 5.43 Å². The van der Waals surface area contributed by atoms with Crippen molar-refractivity contribution in [3.05, 3.63) is 0 Å². The Bertz CT molecular complexity index is 8.00. The van der Waals surface area contributed by atoms with Crippen molar-refractivity contribution >= 4 is 0 Å². The minimum Gasteiger partial charge on any atom is -0.233 e. The van der Waals surface area contributed by atoms with Gasteiger partial charge >= 0.3 is 0 Å². The van der Waals surface area contributed by atoms with Crippen LogP contribution in [0.2, 0.25) is 0 Å². The molecule has 0 atom stereocenters. The maximum atomic E-state index is 10.4. The van der Waals surface area contributed by atoms with Gasteiger partial charge in [-0.25, -0.2) is 5.43 Å². The molecule has 2 nitrogen and oxygen atoms in total. The van der Waals surface area contributed by atoms with Gasteiger partial charge in [0.1, 0.15) is 0 Å². The fraction of sp³-hybridized carbons (Fsp3) is 1.00. The van der Waals surface area contributed by atoms with Gasteiger partial charge in [-0.1, -0.05) is 5.65 Å². The number of hydrogen-bond donors (Lipinski definition) is 2. The van der Waals surface area contributed by atoms with Crippen LogP contribution in [0.5, 0.6) is 0 Å². The van der Waals surface area contributed by atoms with Crippen molar-refractivity contribution in [1.29, 1.82) is 0 Å². The zero-order valence-corrected chi connectivity index (χ0v) is 2.38. The zero-order chi connectivity index (χ0) is 3.41. The van der Waals surface area contributed by atoms with E-state index in [0.717, 1.165) is 0 Å². The van der Waals surface area contributed by atoms with Gasteiger partial charge in [0.2, 0.25) is 0 Å². The lowest BCUT2D eigenvalue weighted by Gasteiger charge is -1.75. The Kier molecular flexibility index (Phi) is 2.74. The van der Waals surface area contributed by atoms with Gasteiger partial charge in [0, 0.05) is 7.05 Å². The summed E-state index contributed by atoms with van der Waals surface area (Å²) in [7, 11) is 1.44. The van der Waals surface area contributed by atoms with E-state index in [1.165, 1.54) is 12.7 Å². The molecule has 0 bridgehead atoms. The second-order valence-electron chi connectivity index (χ2n) is 0.344. The monoisotopic (exact) mass is 64.0 g/mol. The number of hydrogen-bond acceptors (Lipinski definition) is 2. The van der Waals surface area contributed by atoms with E-state index in [1.54, 1.807) is 0 Å². The molecule has 3 heteroatoms. The van der Waals surface area contributed by atoms with Crippen molar-refractivity contribution in [2.24, 2.45) is 0 Å². The van der Waals surface area contributed by atoms with Crippen LogP contribution < -0.4 is 11.1 Å². The summed E-state index contributed by atoms with van der Waals surface area (Å²) in [6, 6.07) is 0. The van der Waals surface area contributed by atoms with Gasteiger partial charge in [0.05, 0.1) is 0 Å². The van der Waals surface area contributed by atoms with Crippen LogP contribution in [-0.2, 0) is 0 Å². The molecule has 26 valence electrons. The molecule has 0 spiro atoms. The molecular weight excluding hydrogens is 59.0 g/mol. The van der Waals surface area contributed by atoms with Crippen molar-refractivity contribution in [3.63, 3.8) is 0 Å². The van der Waals surface area contributed by atoms with E-state index in [-0.39, 0.29) is 0 Å². The molecule has 0 unspecified atom stereocenters. The maximum Gasteiger partial charge on any atom is 0.000972 e. The number of nitrogens with one attached hydrogen (secondary N) is 2. The van der Waals surface area contributed by atoms with E-state index in [9.17, 15) is 4.48 Å². The first-order valence-corrected chi connectivity index (χ1v) is 0.939. The maximum absolute atomic E-state index is 10.4. The normalized spacial score (nSPS) is 7.50. The molecule has 0 saturated heterocycles. The molecule has 0 amide bonds. The highest BCUT2D eigenvalue weighted by molar-refractivity contribution is 3.85. The minimum absolute atomic E-state index is 1.18. The SMILES string of the molecule is CNNF. The summed E-state index contributed by atoms with van der Waals surface area (Å²) in [6.45, 7) is 0. The lowest BCUT2D eigenvalue weighted by atomic mass is 11.5. The van der Waals surface area contributed by atoms with Gasteiger partial charge in [0.25, 0.3) is 0 Å². The molecule has 0 aromatic rings. The smallest absolute Gasteiger partial charge is 0.000972 e. The summed E-state index contributed by atoms with van der Waals surface area (Å²) in [4.78, 5) is 0. The van der Waals surface area contributed by atoms with E-state index >= 15 is 0 Å². The van der Waals surface area contributed by atoms with Crippen LogP contribution in [0.4, 0.5) is 4.48 Å². The summed E-state index contributed by atoms with van der Waals surface area (Å²) < 4.78 is 10.4. The summed E-state index contributed by atoms with van der Waals surface area (Å²) in [5, 5.41) is 0. The van der Waals surface area contributed by atoms with Gasteiger partial charge < -0.3 is 0 Å². The van der Waals surface area contributed by atoms with Gasteiger partial charge in [0.15, 0.2) is 0 Å². The summed E-state index contributed by atoms with van der Waals surface area (Å²) in [6.07, 6.45) is 0. The van der Waals surface area contributed by atoms with Crippen molar-refractivity contribution < 1.29 is 4.48 Å². The van der Waals surface area contributed by atoms with Crippen LogP contribution in [0.3, 0.4) is 0 Å². The quantitative estimate of drug-likeness (QED) is 0.320. The largest absolute Gasteiger partial charge is 0.233 e. The average molecular weight is 64.1 g/mol. The Morgan fingerprint density at radius 2 is 2.00 bits per heavy atom. The summed E-state index contributed by atoms with van der Waals surface area (Å²) in [5.41, 5.74) is 3.19. The molecule has 0 aromatic heterocycles. The molecule has 0 radical (unpaired) electrons. The molecule has 0 aliphatic heterocycles. The third-order valence-corrected chi connectivity index (χ3v) is 0.0945. The number of halogens is 1. The van der Waals surface area contributed by atoms with Gasteiger partial charge in [-0.3, -0.25) is 0 Å². The molecule has 0 aromatic carbocycles. The molecule has 0 aliphatic rings. The van der Waals surface area contributed by atoms with E-state index < -0.39 is 0 Å². The van der Waals surface area contributed by atoms with Crippen molar-refractivity contribution in [1.82, 2.24) is 11.1 Å². The Labute approximate surface area is 23.9 Å². The molecule has 0 aliphatic carbocycles. The van der Waals surface area contributed by atoms with Crippen LogP contribution in [0, 0.1) is 0 Å². The summed E-state index contributed by atoms with van der Waals surface area (Å²) >= 11 is 0. The first-order chi connectivity index (χ1) is 1.91. The average Bonchev–Trinajstić information content (AvgIpc) is 1.37. The molecule has 2 N–H and O–H groups in total. The van der Waals surface area contributed by atoms with Crippen LogP contribution in [0.25, 0.3) is 0 Å². The highest BCUT2D eigenvalue weighted by Gasteiger charge is 1.49. The van der Waals surface area contributed by atoms with Gasteiger partial charge in [-0.2, -0.15) is 0 Å². The Morgan fingerprint density at radius 3 is 2.00 bits per heavy atom. The van der Waals surface area contributed by atoms with E-state index in [0.29, 0.717) is 0 Å². The second-order valence-corrected chi connectivity index (χ2v) is 0.344. The Morgan fingerprint density at radius 1 is 1.75 bits per heavy atom. The predicted octanol–water partition coefficient (Wildman–Crippen LogP) is -0.405. The van der Waals surface area contributed by atoms with Crippen LogP contribution in [-0.4, -0.2) is 7.05 Å². The fourth-order valence-corrected chi connectivity index (χ4v) is 0. The lowest BCUT2D eigenvalue weighted by Crippen LogP contribution is -2.16. The Balaban J connectivity index is 1.97. The van der Waals surface area contributed by atoms with Crippen molar-refractivity contribution in [2.45, 2.75) is 0 Å². The number of rotatable bonds is 1. The fourth-order valence-electron chi connectivity index (χ4n) is 0. The van der Waals surface area contributed by atoms with Crippen molar-refractivity contribution in [2.75, 3.05) is 7.05 Å². The minimum atomic E-state index is 1.18. The van der Waals surface area contributed by atoms with E-state index in [2.05, 4.69) is 0 Å². The highest BCUT2D eigenvalue weighted by atomic mass is 19.2. The van der Waals surface area contributed by atoms with Crippen molar-refractivity contribution in [3.8, 4) is 0 Å². The molecule has 4 heavy (non-hydrogen) atoms. The van der Waals surface area contributed by atoms with Gasteiger partial charge in [-0.15, -0.1) is 4.48 Å². The molecule has 0 saturated carbocycles. The van der Waals surface area contributed by atoms with Crippen LogP contribution in [0.15, 0.2) is 0 Å². The first kappa shape index (κ1) is 3.85. The second kappa shape index (κ2) is 2.85. The van der Waals surface area contributed by atoms with Crippen LogP contribution >= 0.6 is 0 Å². The van der Waals surface area contributed by atoms with E-state index in [4.69, 9.17) is 0 Å². The molecular formula is CH5FN2. The first-order valence-electron chi connectivity index (χ1n) is 0.939. The standard InChI is InChI=1S/CH5FN2/c1-3-4-2/h3-4H,1H3. The highest BCUT2D eigenvalue weighted by Crippen LogP contribution is 1.26. The third-order valence-electron chi connectivity index (χ3n) is 0.0945. The Hall–Kier alpha value is -0.150. The zero-order valence-electron chi connectivity index (χ0n) is 2.38. The molecule has 0 rings (SSSR count). The number of hydrazine groups is 1. The van der Waals surface area contributed by atoms with Crippen LogP contribution in [0.1, 0.15) is 0 Å². The van der Waals surface area contributed by atoms with Gasteiger partial charge in [-0.05, 0) is 0 Å².